The first-order valence-electron chi connectivity index (χ1n) is 5.90. The molecule has 1 aromatic carbocycles. The molecule has 0 saturated carbocycles. The highest BCUT2D eigenvalue weighted by Crippen LogP contribution is 2.07. The van der Waals surface area contributed by atoms with E-state index in [2.05, 4.69) is 15.7 Å². The van der Waals surface area contributed by atoms with Gasteiger partial charge in [0.25, 0.3) is 0 Å². The first-order chi connectivity index (χ1) is 9.67. The molecule has 0 fully saturated rings. The Kier molecular flexibility index (Phi) is 4.73. The molecular weight excluding hydrogens is 280 g/mol. The second-order valence-electron chi connectivity index (χ2n) is 4.05. The van der Waals surface area contributed by atoms with Crippen molar-refractivity contribution < 1.29 is 9.59 Å². The number of hydrogen-bond donors (Lipinski definition) is 2. The second kappa shape index (κ2) is 6.72. The quantitative estimate of drug-likeness (QED) is 0.844. The number of carbonyl (C=O) groups is 2. The van der Waals surface area contributed by atoms with Crippen LogP contribution in [0.2, 0.25) is 0 Å². The Morgan fingerprint density at radius 3 is 2.70 bits per heavy atom. The summed E-state index contributed by atoms with van der Waals surface area (Å²) in [5.41, 5.74) is 1.60. The smallest absolute Gasteiger partial charge is 0.305 e. The third kappa shape index (κ3) is 4.10. The van der Waals surface area contributed by atoms with E-state index >= 15 is 0 Å². The van der Waals surface area contributed by atoms with Crippen LogP contribution in [0.1, 0.15) is 5.56 Å². The average Bonchev–Trinajstić information content (AvgIpc) is 2.86. The number of rotatable bonds is 4. The summed E-state index contributed by atoms with van der Waals surface area (Å²) >= 11 is 5.28. The topological polar surface area (TPSA) is 76.0 Å². The van der Waals surface area contributed by atoms with Crippen molar-refractivity contribution in [3.8, 4) is 0 Å². The fraction of sp³-hybridized carbons (Fsp3) is 0.154. The van der Waals surface area contributed by atoms with E-state index in [0.717, 1.165) is 5.56 Å². The first kappa shape index (κ1) is 14.1. The summed E-state index contributed by atoms with van der Waals surface area (Å²) in [6, 6.07) is 9.18. The lowest BCUT2D eigenvalue weighted by atomic mass is 10.2. The van der Waals surface area contributed by atoms with Gasteiger partial charge >= 0.3 is 6.03 Å². The monoisotopic (exact) mass is 292 g/mol. The number of nitrogens with one attached hydrogen (secondary N) is 2. The van der Waals surface area contributed by atoms with Crippen LogP contribution in [0.5, 0.6) is 0 Å². The lowest BCUT2D eigenvalue weighted by Gasteiger charge is -2.03. The van der Waals surface area contributed by atoms with Crippen LogP contribution in [0, 0.1) is 0 Å². The summed E-state index contributed by atoms with van der Waals surface area (Å²) in [6.45, 7) is 0.602. The molecular formula is C13H13ClN4O2. The molecule has 0 radical (unpaired) electrons. The summed E-state index contributed by atoms with van der Waals surface area (Å²) in [4.78, 5) is 22.3. The van der Waals surface area contributed by atoms with Crippen LogP contribution in [0.3, 0.4) is 0 Å². The van der Waals surface area contributed by atoms with E-state index in [9.17, 15) is 9.59 Å². The number of urea groups is 1. The fourth-order valence-electron chi connectivity index (χ4n) is 1.61. The minimum Gasteiger partial charge on any atom is -0.305 e. The molecule has 0 atom stereocenters. The van der Waals surface area contributed by atoms with Crippen molar-refractivity contribution in [2.24, 2.45) is 0 Å². The highest BCUT2D eigenvalue weighted by molar-refractivity contribution is 6.28. The van der Waals surface area contributed by atoms with Crippen LogP contribution in [0.25, 0.3) is 0 Å². The van der Waals surface area contributed by atoms with E-state index in [1.807, 2.05) is 30.3 Å². The van der Waals surface area contributed by atoms with Gasteiger partial charge in [0, 0.05) is 6.20 Å². The lowest BCUT2D eigenvalue weighted by Crippen LogP contribution is -2.34. The van der Waals surface area contributed by atoms with E-state index < -0.39 is 11.9 Å². The number of anilines is 1. The van der Waals surface area contributed by atoms with Crippen LogP contribution in [0.4, 0.5) is 10.5 Å². The summed E-state index contributed by atoms with van der Waals surface area (Å²) in [6.07, 6.45) is 3.19. The van der Waals surface area contributed by atoms with Gasteiger partial charge in [-0.15, -0.1) is 11.6 Å². The van der Waals surface area contributed by atoms with Crippen LogP contribution >= 0.6 is 11.6 Å². The third-order valence-electron chi connectivity index (χ3n) is 2.45. The minimum atomic E-state index is -0.630. The first-order valence-corrected chi connectivity index (χ1v) is 6.44. The van der Waals surface area contributed by atoms with Gasteiger partial charge in [-0.05, 0) is 5.56 Å². The van der Waals surface area contributed by atoms with Crippen LogP contribution in [-0.4, -0.2) is 27.6 Å². The summed E-state index contributed by atoms with van der Waals surface area (Å²) in [5, 5.41) is 8.71. The van der Waals surface area contributed by atoms with E-state index in [4.69, 9.17) is 11.6 Å². The molecule has 1 aromatic heterocycles. The molecule has 2 N–H and O–H groups in total. The SMILES string of the molecule is O=C(CCl)NC(=O)Nc1cnn(Cc2ccccc2)c1. The van der Waals surface area contributed by atoms with Crippen molar-refractivity contribution >= 4 is 29.2 Å². The maximum atomic E-state index is 11.4. The van der Waals surface area contributed by atoms with Gasteiger partial charge in [0.05, 0.1) is 18.4 Å². The van der Waals surface area contributed by atoms with Crippen molar-refractivity contribution in [2.75, 3.05) is 11.2 Å². The minimum absolute atomic E-state index is 0.263. The molecule has 20 heavy (non-hydrogen) atoms. The molecule has 1 heterocycles. The molecule has 0 aliphatic rings. The molecule has 6 nitrogen and oxygen atoms in total. The van der Waals surface area contributed by atoms with E-state index in [-0.39, 0.29) is 5.88 Å². The Labute approximate surface area is 120 Å². The Balaban J connectivity index is 1.92. The largest absolute Gasteiger partial charge is 0.326 e. The van der Waals surface area contributed by atoms with Gasteiger partial charge in [-0.3, -0.25) is 14.8 Å². The molecule has 2 aromatic rings. The van der Waals surface area contributed by atoms with Gasteiger partial charge < -0.3 is 5.32 Å². The van der Waals surface area contributed by atoms with Gasteiger partial charge in [-0.1, -0.05) is 30.3 Å². The van der Waals surface area contributed by atoms with Crippen molar-refractivity contribution in [1.29, 1.82) is 0 Å². The van der Waals surface area contributed by atoms with Crippen LogP contribution in [-0.2, 0) is 11.3 Å². The molecule has 0 unspecified atom stereocenters. The number of alkyl halides is 1. The normalized spacial score (nSPS) is 10.1. The average molecular weight is 293 g/mol. The number of aromatic nitrogens is 2. The number of amides is 3. The molecule has 7 heteroatoms. The molecule has 0 aliphatic carbocycles. The molecule has 2 rings (SSSR count). The summed E-state index contributed by atoms with van der Waals surface area (Å²) in [7, 11) is 0. The van der Waals surface area contributed by atoms with Crippen LogP contribution < -0.4 is 10.6 Å². The van der Waals surface area contributed by atoms with Gasteiger partial charge in [-0.2, -0.15) is 5.10 Å². The Bertz CT molecular complexity index is 597. The molecule has 0 aliphatic heterocycles. The van der Waals surface area contributed by atoms with Crippen molar-refractivity contribution in [1.82, 2.24) is 15.1 Å². The zero-order chi connectivity index (χ0) is 14.4. The molecule has 104 valence electrons. The predicted molar refractivity (Wildman–Crippen MR) is 75.7 cm³/mol. The Morgan fingerprint density at radius 1 is 1.25 bits per heavy atom. The maximum absolute atomic E-state index is 11.4. The maximum Gasteiger partial charge on any atom is 0.326 e. The predicted octanol–water partition coefficient (Wildman–Crippen LogP) is 1.82. The molecule has 3 amide bonds. The number of benzene rings is 1. The number of carbonyl (C=O) groups excluding carboxylic acids is 2. The van der Waals surface area contributed by atoms with Crippen molar-refractivity contribution in [3.05, 3.63) is 48.3 Å². The van der Waals surface area contributed by atoms with E-state index in [1.165, 1.54) is 6.20 Å². The molecule has 0 spiro atoms. The van der Waals surface area contributed by atoms with Crippen molar-refractivity contribution in [2.45, 2.75) is 6.54 Å². The van der Waals surface area contributed by atoms with Gasteiger partial charge in [0.2, 0.25) is 5.91 Å². The van der Waals surface area contributed by atoms with Crippen molar-refractivity contribution in [3.63, 3.8) is 0 Å². The van der Waals surface area contributed by atoms with Gasteiger partial charge in [-0.25, -0.2) is 4.79 Å². The van der Waals surface area contributed by atoms with E-state index in [1.54, 1.807) is 10.9 Å². The molecule has 0 bridgehead atoms. The third-order valence-corrected chi connectivity index (χ3v) is 2.70. The summed E-state index contributed by atoms with van der Waals surface area (Å²) < 4.78 is 1.69. The highest BCUT2D eigenvalue weighted by Gasteiger charge is 2.07. The lowest BCUT2D eigenvalue weighted by molar-refractivity contribution is -0.117. The standard InChI is InChI=1S/C13H13ClN4O2/c14-6-12(19)17-13(20)16-11-7-15-18(9-11)8-10-4-2-1-3-5-10/h1-5,7,9H,6,8H2,(H2,16,17,19,20). The second-order valence-corrected chi connectivity index (χ2v) is 4.32. The fourth-order valence-corrected chi connectivity index (χ4v) is 1.67. The number of imide groups is 1. The number of hydrogen-bond acceptors (Lipinski definition) is 3. The Morgan fingerprint density at radius 2 is 2.00 bits per heavy atom. The van der Waals surface area contributed by atoms with Crippen LogP contribution in [0.15, 0.2) is 42.7 Å². The number of halogens is 1. The van der Waals surface area contributed by atoms with Gasteiger partial charge in [0.15, 0.2) is 0 Å². The molecule has 0 saturated heterocycles. The zero-order valence-corrected chi connectivity index (χ0v) is 11.3. The van der Waals surface area contributed by atoms with E-state index in [0.29, 0.717) is 12.2 Å². The van der Waals surface area contributed by atoms with Gasteiger partial charge in [0.1, 0.15) is 5.88 Å². The Hall–Kier alpha value is -2.34. The zero-order valence-electron chi connectivity index (χ0n) is 10.5. The summed E-state index contributed by atoms with van der Waals surface area (Å²) in [5.74, 6) is -0.818. The highest BCUT2D eigenvalue weighted by atomic mass is 35.5. The number of nitrogens with zero attached hydrogens (tertiary/aromatic N) is 2.